The quantitative estimate of drug-likeness (QED) is 0.608. The molecule has 3 aromatic heterocycles. The van der Waals surface area contributed by atoms with Gasteiger partial charge in [-0.1, -0.05) is 36.4 Å². The number of pyridine rings is 2. The van der Waals surface area contributed by atoms with Crippen molar-refractivity contribution in [3.8, 4) is 11.3 Å². The minimum atomic E-state index is -0.165. The number of fused-ring (bicyclic) bond motifs is 1. The third kappa shape index (κ3) is 3.29. The first-order valence-corrected chi connectivity index (χ1v) is 8.71. The Bertz CT molecular complexity index is 1100. The van der Waals surface area contributed by atoms with Crippen LogP contribution in [0, 0.1) is 6.92 Å². The second-order valence-corrected chi connectivity index (χ2v) is 6.33. The lowest BCUT2D eigenvalue weighted by Crippen LogP contribution is -2.23. The molecule has 27 heavy (non-hydrogen) atoms. The van der Waals surface area contributed by atoms with Crippen molar-refractivity contribution >= 4 is 16.9 Å². The highest BCUT2D eigenvalue weighted by atomic mass is 16.1. The fraction of sp³-hybridized carbons (Fsp3) is 0.143. The standard InChI is InChI=1S/C21H19N5O/c1-14-19-17(21(27)23-13-16-10-6-7-11-22-16)12-18(15-8-4-3-5-9-15)24-20(19)26(2)25-14/h3-12H,13H2,1-2H3,(H,23,27). The Labute approximate surface area is 156 Å². The predicted octanol–water partition coefficient (Wildman–Crippen LogP) is 3.27. The molecule has 0 unspecified atom stereocenters. The fourth-order valence-corrected chi connectivity index (χ4v) is 3.15. The summed E-state index contributed by atoms with van der Waals surface area (Å²) in [6, 6.07) is 17.3. The van der Waals surface area contributed by atoms with Crippen LogP contribution in [0.3, 0.4) is 0 Å². The number of carbonyl (C=O) groups excluding carboxylic acids is 1. The monoisotopic (exact) mass is 357 g/mol. The highest BCUT2D eigenvalue weighted by Crippen LogP contribution is 2.26. The molecule has 6 heteroatoms. The maximum atomic E-state index is 13.0. The van der Waals surface area contributed by atoms with Gasteiger partial charge in [-0.15, -0.1) is 0 Å². The van der Waals surface area contributed by atoms with Crippen molar-refractivity contribution in [2.45, 2.75) is 13.5 Å². The average molecular weight is 357 g/mol. The van der Waals surface area contributed by atoms with Gasteiger partial charge in [-0.05, 0) is 25.1 Å². The Morgan fingerprint density at radius 2 is 1.89 bits per heavy atom. The minimum Gasteiger partial charge on any atom is -0.346 e. The van der Waals surface area contributed by atoms with Crippen molar-refractivity contribution in [3.63, 3.8) is 0 Å². The van der Waals surface area contributed by atoms with Crippen molar-refractivity contribution in [1.29, 1.82) is 0 Å². The lowest BCUT2D eigenvalue weighted by Gasteiger charge is -2.09. The Morgan fingerprint density at radius 1 is 1.11 bits per heavy atom. The van der Waals surface area contributed by atoms with Crippen LogP contribution in [0.4, 0.5) is 0 Å². The Hall–Kier alpha value is -3.54. The largest absolute Gasteiger partial charge is 0.346 e. The Kier molecular flexibility index (Phi) is 4.38. The van der Waals surface area contributed by atoms with Gasteiger partial charge in [0.15, 0.2) is 5.65 Å². The number of aryl methyl sites for hydroxylation is 2. The molecule has 4 aromatic rings. The van der Waals surface area contributed by atoms with Gasteiger partial charge in [-0.3, -0.25) is 14.5 Å². The van der Waals surface area contributed by atoms with Crippen molar-refractivity contribution in [2.75, 3.05) is 0 Å². The molecule has 0 saturated carbocycles. The molecule has 1 amide bonds. The van der Waals surface area contributed by atoms with Gasteiger partial charge in [0.25, 0.3) is 5.91 Å². The second-order valence-electron chi connectivity index (χ2n) is 6.33. The van der Waals surface area contributed by atoms with Gasteiger partial charge in [0.05, 0.1) is 34.6 Å². The van der Waals surface area contributed by atoms with Crippen LogP contribution in [0.2, 0.25) is 0 Å². The van der Waals surface area contributed by atoms with Gasteiger partial charge in [0, 0.05) is 18.8 Å². The molecule has 0 atom stereocenters. The summed E-state index contributed by atoms with van der Waals surface area (Å²) in [5.41, 5.74) is 4.55. The summed E-state index contributed by atoms with van der Waals surface area (Å²) < 4.78 is 1.71. The number of nitrogens with zero attached hydrogens (tertiary/aromatic N) is 4. The first-order chi connectivity index (χ1) is 13.1. The van der Waals surface area contributed by atoms with Crippen LogP contribution in [-0.4, -0.2) is 25.7 Å². The van der Waals surface area contributed by atoms with E-state index in [1.54, 1.807) is 10.9 Å². The van der Waals surface area contributed by atoms with Crippen LogP contribution in [0.5, 0.6) is 0 Å². The summed E-state index contributed by atoms with van der Waals surface area (Å²) in [5, 5.41) is 8.18. The molecule has 0 saturated heterocycles. The van der Waals surface area contributed by atoms with E-state index in [4.69, 9.17) is 4.98 Å². The molecule has 0 fully saturated rings. The highest BCUT2D eigenvalue weighted by molar-refractivity contribution is 6.07. The van der Waals surface area contributed by atoms with Crippen LogP contribution < -0.4 is 5.32 Å². The molecule has 134 valence electrons. The molecule has 1 N–H and O–H groups in total. The predicted molar refractivity (Wildman–Crippen MR) is 104 cm³/mol. The number of rotatable bonds is 4. The topological polar surface area (TPSA) is 72.7 Å². The second kappa shape index (κ2) is 6.99. The molecule has 0 bridgehead atoms. The molecule has 3 heterocycles. The van der Waals surface area contributed by atoms with E-state index in [0.29, 0.717) is 17.8 Å². The highest BCUT2D eigenvalue weighted by Gasteiger charge is 2.19. The molecule has 0 aliphatic heterocycles. The zero-order valence-electron chi connectivity index (χ0n) is 15.2. The van der Waals surface area contributed by atoms with Gasteiger partial charge in [0.1, 0.15) is 0 Å². The van der Waals surface area contributed by atoms with E-state index in [1.807, 2.05) is 68.6 Å². The SMILES string of the molecule is Cc1nn(C)c2nc(-c3ccccc3)cc(C(=O)NCc3ccccn3)c12. The summed E-state index contributed by atoms with van der Waals surface area (Å²) in [4.78, 5) is 22.0. The van der Waals surface area contributed by atoms with E-state index in [1.165, 1.54) is 0 Å². The lowest BCUT2D eigenvalue weighted by molar-refractivity contribution is 0.0952. The van der Waals surface area contributed by atoms with Gasteiger partial charge in [-0.25, -0.2) is 4.98 Å². The van der Waals surface area contributed by atoms with Gasteiger partial charge < -0.3 is 5.32 Å². The summed E-state index contributed by atoms with van der Waals surface area (Å²) in [7, 11) is 1.84. The summed E-state index contributed by atoms with van der Waals surface area (Å²) in [6.07, 6.45) is 1.71. The van der Waals surface area contributed by atoms with Crippen molar-refractivity contribution in [1.82, 2.24) is 25.1 Å². The van der Waals surface area contributed by atoms with E-state index in [9.17, 15) is 4.79 Å². The summed E-state index contributed by atoms with van der Waals surface area (Å²) in [6.45, 7) is 2.26. The maximum absolute atomic E-state index is 13.0. The van der Waals surface area contributed by atoms with Gasteiger partial charge in [-0.2, -0.15) is 5.10 Å². The van der Waals surface area contributed by atoms with Crippen molar-refractivity contribution in [3.05, 3.63) is 77.7 Å². The number of hydrogen-bond acceptors (Lipinski definition) is 4. The molecule has 0 radical (unpaired) electrons. The third-order valence-corrected chi connectivity index (χ3v) is 4.44. The number of aromatic nitrogens is 4. The Morgan fingerprint density at radius 3 is 2.63 bits per heavy atom. The van der Waals surface area contributed by atoms with E-state index < -0.39 is 0 Å². The maximum Gasteiger partial charge on any atom is 0.252 e. The number of nitrogens with one attached hydrogen (secondary N) is 1. The number of hydrogen-bond donors (Lipinski definition) is 1. The molecule has 4 rings (SSSR count). The number of benzene rings is 1. The van der Waals surface area contributed by atoms with E-state index in [0.717, 1.165) is 28.0 Å². The molecule has 0 spiro atoms. The van der Waals surface area contributed by atoms with Gasteiger partial charge in [0.2, 0.25) is 0 Å². The van der Waals surface area contributed by atoms with Crippen LogP contribution in [-0.2, 0) is 13.6 Å². The summed E-state index contributed by atoms with van der Waals surface area (Å²) in [5.74, 6) is -0.165. The fourth-order valence-electron chi connectivity index (χ4n) is 3.15. The third-order valence-electron chi connectivity index (χ3n) is 4.44. The minimum absolute atomic E-state index is 0.165. The molecule has 0 aliphatic rings. The first-order valence-electron chi connectivity index (χ1n) is 8.71. The lowest BCUT2D eigenvalue weighted by atomic mass is 10.0. The van der Waals surface area contributed by atoms with E-state index >= 15 is 0 Å². The van der Waals surface area contributed by atoms with Crippen molar-refractivity contribution in [2.24, 2.45) is 7.05 Å². The number of amides is 1. The van der Waals surface area contributed by atoms with E-state index in [2.05, 4.69) is 15.4 Å². The van der Waals surface area contributed by atoms with E-state index in [-0.39, 0.29) is 5.91 Å². The van der Waals surface area contributed by atoms with Crippen LogP contribution >= 0.6 is 0 Å². The zero-order valence-corrected chi connectivity index (χ0v) is 15.2. The smallest absolute Gasteiger partial charge is 0.252 e. The van der Waals surface area contributed by atoms with Gasteiger partial charge >= 0.3 is 0 Å². The Balaban J connectivity index is 1.77. The van der Waals surface area contributed by atoms with Crippen molar-refractivity contribution < 1.29 is 4.79 Å². The summed E-state index contributed by atoms with van der Waals surface area (Å²) >= 11 is 0. The molecule has 1 aromatic carbocycles. The normalized spacial score (nSPS) is 10.9. The first kappa shape index (κ1) is 16.9. The molecule has 6 nitrogen and oxygen atoms in total. The zero-order chi connectivity index (χ0) is 18.8. The number of carbonyl (C=O) groups is 1. The molecule has 0 aliphatic carbocycles. The van der Waals surface area contributed by atoms with Crippen LogP contribution in [0.25, 0.3) is 22.3 Å². The average Bonchev–Trinajstić information content (AvgIpc) is 3.00. The molecular formula is C21H19N5O. The van der Waals surface area contributed by atoms with Crippen LogP contribution in [0.15, 0.2) is 60.8 Å². The molecular weight excluding hydrogens is 338 g/mol. The van der Waals surface area contributed by atoms with Crippen LogP contribution in [0.1, 0.15) is 21.7 Å².